The first-order valence-electron chi connectivity index (χ1n) is 9.27. The minimum absolute atomic E-state index is 0.122. The van der Waals surface area contributed by atoms with Gasteiger partial charge >= 0.3 is 5.97 Å². The first-order valence-corrected chi connectivity index (χ1v) is 9.27. The molecule has 0 unspecified atom stereocenters. The van der Waals surface area contributed by atoms with E-state index in [1.165, 1.54) is 31.3 Å². The van der Waals surface area contributed by atoms with Crippen LogP contribution in [0.4, 0.5) is 0 Å². The van der Waals surface area contributed by atoms with Crippen LogP contribution in [0.2, 0.25) is 0 Å². The van der Waals surface area contributed by atoms with Crippen LogP contribution in [0.25, 0.3) is 0 Å². The van der Waals surface area contributed by atoms with Crippen LogP contribution in [0.1, 0.15) is 59.8 Å². The quantitative estimate of drug-likeness (QED) is 0.486. The Balaban J connectivity index is 2.40. The van der Waals surface area contributed by atoms with Gasteiger partial charge in [0.1, 0.15) is 0 Å². The molecule has 0 aromatic carbocycles. The van der Waals surface area contributed by atoms with Crippen LogP contribution in [-0.4, -0.2) is 24.7 Å². The molecule has 1 aliphatic carbocycles. The second-order valence-corrected chi connectivity index (χ2v) is 7.36. The molecule has 136 valence electrons. The topological polar surface area (TPSA) is 38.3 Å². The van der Waals surface area contributed by atoms with Gasteiger partial charge in [0.05, 0.1) is 13.0 Å². The fourth-order valence-electron chi connectivity index (χ4n) is 3.33. The first-order chi connectivity index (χ1) is 11.4. The Morgan fingerprint density at radius 1 is 1.29 bits per heavy atom. The third-order valence-electron chi connectivity index (χ3n) is 4.80. The molecule has 0 amide bonds. The highest BCUT2D eigenvalue weighted by molar-refractivity contribution is 5.70. The SMILES string of the molecule is C=C/C(=C\C=C/C)C1CCC(CNC(C)(C)CC(=O)OCC)CC1. The number of esters is 1. The molecule has 24 heavy (non-hydrogen) atoms. The monoisotopic (exact) mass is 333 g/mol. The Morgan fingerprint density at radius 3 is 2.50 bits per heavy atom. The lowest BCUT2D eigenvalue weighted by Gasteiger charge is -2.33. The molecule has 0 bridgehead atoms. The molecule has 0 saturated heterocycles. The molecule has 0 heterocycles. The molecule has 3 heteroatoms. The highest BCUT2D eigenvalue weighted by Crippen LogP contribution is 2.33. The third-order valence-corrected chi connectivity index (χ3v) is 4.80. The van der Waals surface area contributed by atoms with E-state index in [9.17, 15) is 4.79 Å². The van der Waals surface area contributed by atoms with Crippen molar-refractivity contribution < 1.29 is 9.53 Å². The number of carbonyl (C=O) groups is 1. The summed E-state index contributed by atoms with van der Waals surface area (Å²) >= 11 is 0. The summed E-state index contributed by atoms with van der Waals surface area (Å²) in [5.74, 6) is 1.21. The second kappa shape index (κ2) is 10.5. The van der Waals surface area contributed by atoms with Gasteiger partial charge in [0.15, 0.2) is 0 Å². The van der Waals surface area contributed by atoms with E-state index in [1.807, 2.05) is 19.9 Å². The predicted octanol–water partition coefficient (Wildman–Crippen LogP) is 4.80. The smallest absolute Gasteiger partial charge is 0.307 e. The molecule has 0 spiro atoms. The number of hydrogen-bond acceptors (Lipinski definition) is 3. The van der Waals surface area contributed by atoms with Gasteiger partial charge in [0.25, 0.3) is 0 Å². The molecule has 1 fully saturated rings. The summed E-state index contributed by atoms with van der Waals surface area (Å²) in [6, 6.07) is 0. The van der Waals surface area contributed by atoms with Crippen LogP contribution in [0.15, 0.2) is 36.5 Å². The molecule has 1 saturated carbocycles. The van der Waals surface area contributed by atoms with E-state index in [-0.39, 0.29) is 11.5 Å². The number of hydrogen-bond donors (Lipinski definition) is 1. The van der Waals surface area contributed by atoms with Crippen molar-refractivity contribution in [2.75, 3.05) is 13.2 Å². The Morgan fingerprint density at radius 2 is 1.96 bits per heavy atom. The fraction of sp³-hybridized carbons (Fsp3) is 0.667. The van der Waals surface area contributed by atoms with E-state index in [4.69, 9.17) is 4.74 Å². The normalized spacial score (nSPS) is 22.6. The van der Waals surface area contributed by atoms with E-state index >= 15 is 0 Å². The molecule has 1 N–H and O–H groups in total. The number of ether oxygens (including phenoxy) is 1. The zero-order valence-electron chi connectivity index (χ0n) is 15.9. The number of carbonyl (C=O) groups excluding carboxylic acids is 1. The molecule has 0 aromatic heterocycles. The van der Waals surface area contributed by atoms with Gasteiger partial charge in [0, 0.05) is 5.54 Å². The van der Waals surface area contributed by atoms with Gasteiger partial charge in [-0.1, -0.05) is 30.9 Å². The number of nitrogens with one attached hydrogen (secondary N) is 1. The molecular formula is C21H35NO2. The van der Waals surface area contributed by atoms with Crippen molar-refractivity contribution in [3.05, 3.63) is 36.5 Å². The summed E-state index contributed by atoms with van der Waals surface area (Å²) in [5.41, 5.74) is 1.16. The maximum Gasteiger partial charge on any atom is 0.307 e. The molecule has 0 aromatic rings. The van der Waals surface area contributed by atoms with Crippen LogP contribution in [-0.2, 0) is 9.53 Å². The van der Waals surface area contributed by atoms with Crippen molar-refractivity contribution in [3.8, 4) is 0 Å². The summed E-state index contributed by atoms with van der Waals surface area (Å²) in [6.45, 7) is 13.4. The summed E-state index contributed by atoms with van der Waals surface area (Å²) in [5, 5.41) is 3.56. The standard InChI is InChI=1S/C21H35NO2/c1-6-9-10-18(7-2)19-13-11-17(12-14-19)16-22-21(4,5)15-20(23)24-8-3/h6-7,9-10,17,19,22H,2,8,11-16H2,1,3-5H3/b9-6-,18-10+. The van der Waals surface area contributed by atoms with Gasteiger partial charge in [-0.2, -0.15) is 0 Å². The van der Waals surface area contributed by atoms with Gasteiger partial charge in [-0.25, -0.2) is 0 Å². The van der Waals surface area contributed by atoms with Crippen molar-refractivity contribution >= 4 is 5.97 Å². The Hall–Kier alpha value is -1.35. The van der Waals surface area contributed by atoms with E-state index in [1.54, 1.807) is 0 Å². The lowest BCUT2D eigenvalue weighted by atomic mass is 9.78. The number of allylic oxidation sites excluding steroid dienone is 5. The van der Waals surface area contributed by atoms with Crippen molar-refractivity contribution in [1.29, 1.82) is 0 Å². The average Bonchev–Trinajstić information content (AvgIpc) is 2.54. The molecule has 0 aliphatic heterocycles. The fourth-order valence-corrected chi connectivity index (χ4v) is 3.33. The summed E-state index contributed by atoms with van der Waals surface area (Å²) in [7, 11) is 0. The second-order valence-electron chi connectivity index (χ2n) is 7.36. The van der Waals surface area contributed by atoms with Gasteiger partial charge in [0.2, 0.25) is 0 Å². The highest BCUT2D eigenvalue weighted by atomic mass is 16.5. The van der Waals surface area contributed by atoms with Crippen molar-refractivity contribution in [2.45, 2.75) is 65.3 Å². The van der Waals surface area contributed by atoms with Gasteiger partial charge < -0.3 is 10.1 Å². The lowest BCUT2D eigenvalue weighted by Crippen LogP contribution is -2.44. The van der Waals surface area contributed by atoms with Crippen LogP contribution in [0, 0.1) is 11.8 Å². The highest BCUT2D eigenvalue weighted by Gasteiger charge is 2.26. The van der Waals surface area contributed by atoms with Crippen molar-refractivity contribution in [1.82, 2.24) is 5.32 Å². The van der Waals surface area contributed by atoms with E-state index < -0.39 is 0 Å². The zero-order valence-corrected chi connectivity index (χ0v) is 15.9. The summed E-state index contributed by atoms with van der Waals surface area (Å²) < 4.78 is 5.05. The van der Waals surface area contributed by atoms with Crippen molar-refractivity contribution in [3.63, 3.8) is 0 Å². The molecular weight excluding hydrogens is 298 g/mol. The molecule has 3 nitrogen and oxygen atoms in total. The van der Waals surface area contributed by atoms with E-state index in [0.29, 0.717) is 24.9 Å². The first kappa shape index (κ1) is 20.7. The number of rotatable bonds is 9. The van der Waals surface area contributed by atoms with Gasteiger partial charge in [-0.15, -0.1) is 0 Å². The lowest BCUT2D eigenvalue weighted by molar-refractivity contribution is -0.144. The van der Waals surface area contributed by atoms with E-state index in [2.05, 4.69) is 44.0 Å². The van der Waals surface area contributed by atoms with Crippen molar-refractivity contribution in [2.24, 2.45) is 11.8 Å². The third kappa shape index (κ3) is 7.48. The van der Waals surface area contributed by atoms with Crippen LogP contribution >= 0.6 is 0 Å². The van der Waals surface area contributed by atoms with Crippen LogP contribution in [0.5, 0.6) is 0 Å². The Labute approximate surface area is 148 Å². The maximum atomic E-state index is 11.7. The minimum atomic E-state index is -0.207. The van der Waals surface area contributed by atoms with Crippen LogP contribution in [0.3, 0.4) is 0 Å². The molecule has 0 atom stereocenters. The largest absolute Gasteiger partial charge is 0.466 e. The molecule has 1 aliphatic rings. The van der Waals surface area contributed by atoms with Gasteiger partial charge in [-0.05, 0) is 77.3 Å². The summed E-state index contributed by atoms with van der Waals surface area (Å²) in [4.78, 5) is 11.7. The average molecular weight is 334 g/mol. The molecule has 0 radical (unpaired) electrons. The predicted molar refractivity (Wildman–Crippen MR) is 102 cm³/mol. The van der Waals surface area contributed by atoms with E-state index in [0.717, 1.165) is 6.54 Å². The Bertz CT molecular complexity index is 454. The zero-order chi connectivity index (χ0) is 18.0. The Kier molecular flexibility index (Phi) is 9.05. The summed E-state index contributed by atoms with van der Waals surface area (Å²) in [6.07, 6.45) is 13.7. The molecule has 1 rings (SSSR count). The minimum Gasteiger partial charge on any atom is -0.466 e. The van der Waals surface area contributed by atoms with Gasteiger partial charge in [-0.3, -0.25) is 4.79 Å². The maximum absolute atomic E-state index is 11.7. The van der Waals surface area contributed by atoms with Crippen LogP contribution < -0.4 is 5.32 Å².